The number of alkyl halides is 3. The van der Waals surface area contributed by atoms with E-state index in [1.807, 2.05) is 4.90 Å². The monoisotopic (exact) mass is 391 g/mol. The smallest absolute Gasteiger partial charge is 0.406 e. The van der Waals surface area contributed by atoms with Crippen LogP contribution in [0.5, 0.6) is 5.75 Å². The first kappa shape index (κ1) is 18.2. The minimum atomic E-state index is -4.74. The standard InChI is InChI=1S/C18H16F3N5O2/c19-18(20,21)28-13-5-3-12(4-6-13)14-11-26-15(23-24-16(26)10-22-14)9-17(27)25-7-1-2-8-25/h3-6,10-11H,1-2,7-9H2. The van der Waals surface area contributed by atoms with Crippen molar-refractivity contribution in [1.29, 1.82) is 0 Å². The van der Waals surface area contributed by atoms with Gasteiger partial charge in [-0.05, 0) is 37.1 Å². The predicted octanol–water partition coefficient (Wildman–Crippen LogP) is 2.85. The van der Waals surface area contributed by atoms with E-state index >= 15 is 0 Å². The summed E-state index contributed by atoms with van der Waals surface area (Å²) in [5.74, 6) is 0.185. The number of hydrogen-bond donors (Lipinski definition) is 0. The van der Waals surface area contributed by atoms with Crippen LogP contribution in [0.25, 0.3) is 16.9 Å². The highest BCUT2D eigenvalue weighted by Crippen LogP contribution is 2.26. The van der Waals surface area contributed by atoms with Crippen LogP contribution in [0.3, 0.4) is 0 Å². The number of aromatic nitrogens is 4. The molecule has 28 heavy (non-hydrogen) atoms. The summed E-state index contributed by atoms with van der Waals surface area (Å²) < 4.78 is 42.4. The van der Waals surface area contributed by atoms with Gasteiger partial charge in [0, 0.05) is 24.8 Å². The molecule has 1 saturated heterocycles. The fourth-order valence-electron chi connectivity index (χ4n) is 3.16. The van der Waals surface area contributed by atoms with Crippen LogP contribution in [0.1, 0.15) is 18.7 Å². The van der Waals surface area contributed by atoms with Crippen molar-refractivity contribution in [1.82, 2.24) is 24.5 Å². The Hall–Kier alpha value is -3.17. The first-order valence-corrected chi connectivity index (χ1v) is 8.73. The van der Waals surface area contributed by atoms with Crippen LogP contribution in [0, 0.1) is 0 Å². The van der Waals surface area contributed by atoms with E-state index in [2.05, 4.69) is 19.9 Å². The van der Waals surface area contributed by atoms with Crippen molar-refractivity contribution in [2.24, 2.45) is 0 Å². The lowest BCUT2D eigenvalue weighted by Crippen LogP contribution is -2.29. The van der Waals surface area contributed by atoms with Gasteiger partial charge in [0.25, 0.3) is 0 Å². The molecule has 10 heteroatoms. The summed E-state index contributed by atoms with van der Waals surface area (Å²) in [6.07, 6.45) is 0.581. The lowest BCUT2D eigenvalue weighted by atomic mass is 10.1. The molecule has 4 rings (SSSR count). The normalized spacial score (nSPS) is 14.6. The van der Waals surface area contributed by atoms with Gasteiger partial charge in [-0.3, -0.25) is 14.2 Å². The van der Waals surface area contributed by atoms with E-state index in [1.165, 1.54) is 30.5 Å². The van der Waals surface area contributed by atoms with E-state index in [0.29, 0.717) is 22.7 Å². The van der Waals surface area contributed by atoms with E-state index in [0.717, 1.165) is 25.9 Å². The van der Waals surface area contributed by atoms with E-state index in [9.17, 15) is 18.0 Å². The molecular formula is C18H16F3N5O2. The van der Waals surface area contributed by atoms with Crippen LogP contribution in [0.4, 0.5) is 13.2 Å². The SMILES string of the molecule is O=C(Cc1nnc2cnc(-c3ccc(OC(F)(F)F)cc3)cn12)N1CCCC1. The maximum atomic E-state index is 12.4. The number of ether oxygens (including phenoxy) is 1. The zero-order valence-corrected chi connectivity index (χ0v) is 14.7. The summed E-state index contributed by atoms with van der Waals surface area (Å²) in [6.45, 7) is 1.52. The van der Waals surface area contributed by atoms with Crippen molar-refractivity contribution in [3.05, 3.63) is 42.5 Å². The Kier molecular flexibility index (Phi) is 4.62. The Morgan fingerprint density at radius 2 is 1.82 bits per heavy atom. The molecule has 2 aromatic heterocycles. The third-order valence-corrected chi connectivity index (χ3v) is 4.52. The van der Waals surface area contributed by atoms with Crippen LogP contribution < -0.4 is 4.74 Å². The molecule has 1 aromatic carbocycles. The van der Waals surface area contributed by atoms with E-state index in [-0.39, 0.29) is 18.1 Å². The molecule has 0 atom stereocenters. The second kappa shape index (κ2) is 7.10. The molecule has 3 aromatic rings. The molecule has 0 aliphatic carbocycles. The molecule has 0 N–H and O–H groups in total. The van der Waals surface area contributed by atoms with Crippen molar-refractivity contribution < 1.29 is 22.7 Å². The Bertz CT molecular complexity index is 995. The van der Waals surface area contributed by atoms with Crippen molar-refractivity contribution in [2.45, 2.75) is 25.6 Å². The highest BCUT2D eigenvalue weighted by atomic mass is 19.4. The van der Waals surface area contributed by atoms with Crippen molar-refractivity contribution in [2.75, 3.05) is 13.1 Å². The molecule has 1 amide bonds. The number of amides is 1. The summed E-state index contributed by atoms with van der Waals surface area (Å²) in [6, 6.07) is 5.40. The molecule has 1 aliphatic rings. The summed E-state index contributed by atoms with van der Waals surface area (Å²) in [5.41, 5.74) is 1.60. The van der Waals surface area contributed by atoms with E-state index in [4.69, 9.17) is 0 Å². The van der Waals surface area contributed by atoms with Gasteiger partial charge in [0.1, 0.15) is 11.6 Å². The number of hydrogen-bond acceptors (Lipinski definition) is 5. The molecule has 7 nitrogen and oxygen atoms in total. The van der Waals surface area contributed by atoms with Gasteiger partial charge < -0.3 is 9.64 Å². The minimum absolute atomic E-state index is 0.00110. The van der Waals surface area contributed by atoms with Gasteiger partial charge in [-0.25, -0.2) is 0 Å². The van der Waals surface area contributed by atoms with Crippen molar-refractivity contribution >= 4 is 11.6 Å². The van der Waals surface area contributed by atoms with Crippen LogP contribution in [-0.4, -0.2) is 49.8 Å². The number of rotatable bonds is 4. The van der Waals surface area contributed by atoms with Gasteiger partial charge in [-0.2, -0.15) is 0 Å². The molecule has 3 heterocycles. The average Bonchev–Trinajstić information content (AvgIpc) is 3.31. The molecule has 0 saturated carbocycles. The first-order valence-electron chi connectivity index (χ1n) is 8.73. The maximum Gasteiger partial charge on any atom is 0.573 e. The summed E-state index contributed by atoms with van der Waals surface area (Å²) in [7, 11) is 0. The third-order valence-electron chi connectivity index (χ3n) is 4.52. The van der Waals surface area contributed by atoms with Gasteiger partial charge in [0.2, 0.25) is 5.91 Å². The Labute approximate surface area is 157 Å². The number of fused-ring (bicyclic) bond motifs is 1. The molecule has 146 valence electrons. The summed E-state index contributed by atoms with van der Waals surface area (Å²) in [5, 5.41) is 8.10. The lowest BCUT2D eigenvalue weighted by Gasteiger charge is -2.14. The van der Waals surface area contributed by atoms with Crippen LogP contribution in [0.2, 0.25) is 0 Å². The van der Waals surface area contributed by atoms with Crippen LogP contribution in [0.15, 0.2) is 36.7 Å². The number of carbonyl (C=O) groups excluding carboxylic acids is 1. The molecule has 0 radical (unpaired) electrons. The van der Waals surface area contributed by atoms with Gasteiger partial charge >= 0.3 is 6.36 Å². The number of benzene rings is 1. The summed E-state index contributed by atoms with van der Waals surface area (Å²) in [4.78, 5) is 18.5. The molecule has 1 fully saturated rings. The van der Waals surface area contributed by atoms with Crippen LogP contribution >= 0.6 is 0 Å². The van der Waals surface area contributed by atoms with Crippen molar-refractivity contribution in [3.8, 4) is 17.0 Å². The van der Waals surface area contributed by atoms with Gasteiger partial charge in [-0.1, -0.05) is 0 Å². The maximum absolute atomic E-state index is 12.4. The van der Waals surface area contributed by atoms with Gasteiger partial charge in [0.15, 0.2) is 5.65 Å². The second-order valence-corrected chi connectivity index (χ2v) is 6.45. The predicted molar refractivity (Wildman–Crippen MR) is 92.4 cm³/mol. The lowest BCUT2D eigenvalue weighted by molar-refractivity contribution is -0.274. The summed E-state index contributed by atoms with van der Waals surface area (Å²) >= 11 is 0. The molecule has 0 bridgehead atoms. The Balaban J connectivity index is 1.57. The fraction of sp³-hybridized carbons (Fsp3) is 0.333. The van der Waals surface area contributed by atoms with Crippen molar-refractivity contribution in [3.63, 3.8) is 0 Å². The van der Waals surface area contributed by atoms with Gasteiger partial charge in [-0.15, -0.1) is 23.4 Å². The number of likely N-dealkylation sites (tertiary alicyclic amines) is 1. The topological polar surface area (TPSA) is 72.6 Å². The van der Waals surface area contributed by atoms with Gasteiger partial charge in [0.05, 0.1) is 18.3 Å². The Morgan fingerprint density at radius 1 is 1.11 bits per heavy atom. The number of carbonyl (C=O) groups is 1. The zero-order chi connectivity index (χ0) is 19.7. The fourth-order valence-corrected chi connectivity index (χ4v) is 3.16. The highest BCUT2D eigenvalue weighted by molar-refractivity contribution is 5.78. The number of nitrogens with zero attached hydrogens (tertiary/aromatic N) is 5. The highest BCUT2D eigenvalue weighted by Gasteiger charge is 2.31. The largest absolute Gasteiger partial charge is 0.573 e. The average molecular weight is 391 g/mol. The first-order chi connectivity index (χ1) is 13.4. The second-order valence-electron chi connectivity index (χ2n) is 6.45. The van der Waals surface area contributed by atoms with E-state index < -0.39 is 6.36 Å². The third kappa shape index (κ3) is 3.90. The minimum Gasteiger partial charge on any atom is -0.406 e. The molecule has 1 aliphatic heterocycles. The quantitative estimate of drug-likeness (QED) is 0.684. The molecular weight excluding hydrogens is 375 g/mol. The Morgan fingerprint density at radius 3 is 2.50 bits per heavy atom. The number of halogens is 3. The molecule has 0 spiro atoms. The van der Waals surface area contributed by atoms with E-state index in [1.54, 1.807) is 10.6 Å². The zero-order valence-electron chi connectivity index (χ0n) is 14.7. The van der Waals surface area contributed by atoms with Crippen LogP contribution in [-0.2, 0) is 11.2 Å². The molecule has 0 unspecified atom stereocenters.